The smallest absolute Gasteiger partial charge is 0.251 e. The Morgan fingerprint density at radius 1 is 1.02 bits per heavy atom. The van der Waals surface area contributed by atoms with E-state index in [4.69, 9.17) is 14.5 Å². The van der Waals surface area contributed by atoms with E-state index in [1.165, 1.54) is 12.1 Å². The Morgan fingerprint density at radius 2 is 1.77 bits per heavy atom. The highest BCUT2D eigenvalue weighted by atomic mass is 28.3. The minimum absolute atomic E-state index is 0.0210. The number of amides is 1. The van der Waals surface area contributed by atoms with Gasteiger partial charge in [0.1, 0.15) is 35.5 Å². The summed E-state index contributed by atoms with van der Waals surface area (Å²) in [6, 6.07) is 11.3. The first kappa shape index (κ1) is 31.1. The number of aryl methyl sites for hydroxylation is 2. The van der Waals surface area contributed by atoms with Gasteiger partial charge in [-0.15, -0.1) is 0 Å². The molecule has 5 aromatic rings. The summed E-state index contributed by atoms with van der Waals surface area (Å²) in [5.74, 6) is -0.677. The number of pyridine rings is 1. The van der Waals surface area contributed by atoms with E-state index >= 15 is 0 Å². The fourth-order valence-corrected chi connectivity index (χ4v) is 5.92. The molecule has 3 heterocycles. The lowest BCUT2D eigenvalue weighted by atomic mass is 10.1. The third-order valence-electron chi connectivity index (χ3n) is 7.47. The fourth-order valence-electron chi connectivity index (χ4n) is 5.16. The first-order chi connectivity index (χ1) is 20.9. The summed E-state index contributed by atoms with van der Waals surface area (Å²) in [6.07, 6.45) is 5.49. The van der Waals surface area contributed by atoms with Crippen LogP contribution in [0.25, 0.3) is 22.3 Å². The Kier molecular flexibility index (Phi) is 8.98. The molecule has 0 radical (unpaired) electrons. The molecule has 0 saturated carbocycles. The normalized spacial score (nSPS) is 11.7. The summed E-state index contributed by atoms with van der Waals surface area (Å²) >= 11 is 0. The fraction of sp³-hybridized carbons (Fsp3) is 0.303. The number of rotatable bonds is 11. The summed E-state index contributed by atoms with van der Waals surface area (Å²) in [5.41, 5.74) is 4.93. The van der Waals surface area contributed by atoms with Gasteiger partial charge in [0.05, 0.1) is 17.3 Å². The van der Waals surface area contributed by atoms with Gasteiger partial charge in [-0.25, -0.2) is 13.8 Å². The van der Waals surface area contributed by atoms with Crippen LogP contribution in [-0.2, 0) is 25.1 Å². The largest absolute Gasteiger partial charge is 0.456 e. The van der Waals surface area contributed by atoms with Gasteiger partial charge in [-0.2, -0.15) is 5.10 Å². The Labute approximate surface area is 256 Å². The van der Waals surface area contributed by atoms with E-state index in [9.17, 15) is 13.6 Å². The molecule has 0 aliphatic heterocycles. The molecule has 5 rings (SSSR count). The first-order valence-corrected chi connectivity index (χ1v) is 18.2. The number of fused-ring (bicyclic) bond motifs is 1. The standard InChI is InChI=1S/C33H37F2N5O3Si/c1-21-27(33(41)37-17-23-14-25(34)16-26(35)15-23)8-7-9-28(21)43-29-10-11-36-32-30(29)22(2)31(24-18-38-39(3)19-24)40(32)20-42-12-13-44(4,5)6/h7-11,14-16,18-19H,12-13,17,20H2,1-6H3,(H,37,41). The second kappa shape index (κ2) is 12.7. The van der Waals surface area contributed by atoms with Gasteiger partial charge in [-0.05, 0) is 61.4 Å². The van der Waals surface area contributed by atoms with Gasteiger partial charge in [0.15, 0.2) is 0 Å². The molecule has 0 saturated heterocycles. The number of benzene rings is 2. The number of carbonyl (C=O) groups is 1. The van der Waals surface area contributed by atoms with Crippen molar-refractivity contribution < 1.29 is 23.0 Å². The molecule has 1 N–H and O–H groups in total. The topological polar surface area (TPSA) is 83.2 Å². The predicted octanol–water partition coefficient (Wildman–Crippen LogP) is 7.37. The van der Waals surface area contributed by atoms with Crippen LogP contribution in [0.5, 0.6) is 11.5 Å². The number of nitrogens with one attached hydrogen (secondary N) is 1. The molecule has 0 atom stereocenters. The molecule has 3 aromatic heterocycles. The number of hydrogen-bond donors (Lipinski definition) is 1. The summed E-state index contributed by atoms with van der Waals surface area (Å²) in [6.45, 7) is 11.8. The van der Waals surface area contributed by atoms with E-state index < -0.39 is 19.7 Å². The average molecular weight is 618 g/mol. The van der Waals surface area contributed by atoms with Crippen LogP contribution in [0.3, 0.4) is 0 Å². The van der Waals surface area contributed by atoms with E-state index in [0.717, 1.165) is 40.0 Å². The lowest BCUT2D eigenvalue weighted by Gasteiger charge is -2.16. The molecule has 0 aliphatic carbocycles. The highest BCUT2D eigenvalue weighted by Crippen LogP contribution is 2.39. The quantitative estimate of drug-likeness (QED) is 0.124. The first-order valence-electron chi connectivity index (χ1n) is 14.5. The average Bonchev–Trinajstić information content (AvgIpc) is 3.50. The van der Waals surface area contributed by atoms with Gasteiger partial charge < -0.3 is 19.4 Å². The summed E-state index contributed by atoms with van der Waals surface area (Å²) in [5, 5.41) is 7.97. The van der Waals surface area contributed by atoms with Crippen molar-refractivity contribution in [2.75, 3.05) is 6.61 Å². The maximum Gasteiger partial charge on any atom is 0.251 e. The maximum atomic E-state index is 13.6. The van der Waals surface area contributed by atoms with Crippen LogP contribution in [0.2, 0.25) is 25.7 Å². The van der Waals surface area contributed by atoms with E-state index in [0.29, 0.717) is 41.5 Å². The van der Waals surface area contributed by atoms with Gasteiger partial charge in [-0.1, -0.05) is 25.7 Å². The van der Waals surface area contributed by atoms with Crippen LogP contribution in [0.15, 0.2) is 61.1 Å². The van der Waals surface area contributed by atoms with Crippen LogP contribution in [0, 0.1) is 25.5 Å². The summed E-state index contributed by atoms with van der Waals surface area (Å²) < 4.78 is 43.7. The molecule has 0 fully saturated rings. The van der Waals surface area contributed by atoms with E-state index in [1.807, 2.05) is 32.4 Å². The zero-order valence-corrected chi connectivity index (χ0v) is 26.9. The van der Waals surface area contributed by atoms with Crippen molar-refractivity contribution in [1.29, 1.82) is 0 Å². The Morgan fingerprint density at radius 3 is 2.45 bits per heavy atom. The third-order valence-corrected chi connectivity index (χ3v) is 9.17. The highest BCUT2D eigenvalue weighted by Gasteiger charge is 2.23. The van der Waals surface area contributed by atoms with Crippen LogP contribution in [0.1, 0.15) is 27.0 Å². The molecular weight excluding hydrogens is 580 g/mol. The van der Waals surface area contributed by atoms with E-state index in [2.05, 4.69) is 34.6 Å². The van der Waals surface area contributed by atoms with Crippen LogP contribution >= 0.6 is 0 Å². The minimum atomic E-state index is -1.26. The Balaban J connectivity index is 1.45. The van der Waals surface area contributed by atoms with Crippen LogP contribution in [0.4, 0.5) is 8.78 Å². The van der Waals surface area contributed by atoms with Crippen molar-refractivity contribution in [3.05, 3.63) is 94.9 Å². The van der Waals surface area contributed by atoms with Crippen molar-refractivity contribution in [1.82, 2.24) is 24.6 Å². The van der Waals surface area contributed by atoms with Crippen molar-refractivity contribution >= 4 is 25.0 Å². The van der Waals surface area contributed by atoms with Crippen molar-refractivity contribution in [3.8, 4) is 22.8 Å². The lowest BCUT2D eigenvalue weighted by Crippen LogP contribution is -2.23. The maximum absolute atomic E-state index is 13.6. The molecule has 1 amide bonds. The number of halogens is 2. The van der Waals surface area contributed by atoms with Gasteiger partial charge in [0.25, 0.3) is 5.91 Å². The second-order valence-electron chi connectivity index (χ2n) is 12.2. The molecule has 0 spiro atoms. The minimum Gasteiger partial charge on any atom is -0.456 e. The Bertz CT molecular complexity index is 1810. The highest BCUT2D eigenvalue weighted by molar-refractivity contribution is 6.76. The number of ether oxygens (including phenoxy) is 2. The zero-order valence-electron chi connectivity index (χ0n) is 25.9. The number of nitrogens with zero attached hydrogens (tertiary/aromatic N) is 4. The molecule has 0 aliphatic rings. The monoisotopic (exact) mass is 617 g/mol. The van der Waals surface area contributed by atoms with Gasteiger partial charge in [0.2, 0.25) is 0 Å². The lowest BCUT2D eigenvalue weighted by molar-refractivity contribution is 0.0908. The summed E-state index contributed by atoms with van der Waals surface area (Å²) in [4.78, 5) is 17.8. The van der Waals surface area contributed by atoms with Crippen molar-refractivity contribution in [2.24, 2.45) is 7.05 Å². The molecule has 230 valence electrons. The van der Waals surface area contributed by atoms with Gasteiger partial charge in [-0.3, -0.25) is 9.48 Å². The summed E-state index contributed by atoms with van der Waals surface area (Å²) in [7, 11) is 0.623. The number of carbonyl (C=O) groups excluding carboxylic acids is 1. The SMILES string of the molecule is Cc1c(Oc2ccnc3c2c(C)c(-c2cnn(C)c2)n3COCC[Si](C)(C)C)cccc1C(=O)NCc1cc(F)cc(F)c1. The zero-order chi connectivity index (χ0) is 31.6. The van der Waals surface area contributed by atoms with Crippen LogP contribution in [-0.4, -0.2) is 39.9 Å². The third kappa shape index (κ3) is 6.89. The number of aromatic nitrogens is 4. The van der Waals surface area contributed by atoms with E-state index in [-0.39, 0.29) is 12.5 Å². The van der Waals surface area contributed by atoms with E-state index in [1.54, 1.807) is 36.0 Å². The van der Waals surface area contributed by atoms with Crippen molar-refractivity contribution in [2.45, 2.75) is 52.8 Å². The molecule has 44 heavy (non-hydrogen) atoms. The second-order valence-corrected chi connectivity index (χ2v) is 17.8. The van der Waals surface area contributed by atoms with Gasteiger partial charge in [0, 0.05) is 63.4 Å². The molecule has 8 nitrogen and oxygen atoms in total. The number of hydrogen-bond acceptors (Lipinski definition) is 5. The molecule has 11 heteroatoms. The van der Waals surface area contributed by atoms with Crippen molar-refractivity contribution in [3.63, 3.8) is 0 Å². The molecule has 0 bridgehead atoms. The van der Waals surface area contributed by atoms with Gasteiger partial charge >= 0.3 is 0 Å². The van der Waals surface area contributed by atoms with Crippen LogP contribution < -0.4 is 10.1 Å². The molecule has 2 aromatic carbocycles. The molecule has 0 unspecified atom stereocenters. The predicted molar refractivity (Wildman–Crippen MR) is 170 cm³/mol. The molecular formula is C33H37F2N5O3Si. The Hall–Kier alpha value is -4.35.